The lowest BCUT2D eigenvalue weighted by atomic mass is 10.4. The van der Waals surface area contributed by atoms with E-state index in [4.69, 9.17) is 5.73 Å². The number of nitrogen functional groups attached to an aromatic ring is 1. The van der Waals surface area contributed by atoms with Crippen LogP contribution in [-0.2, 0) is 11.3 Å². The Morgan fingerprint density at radius 2 is 2.31 bits per heavy atom. The molecule has 0 aliphatic heterocycles. The normalized spacial score (nSPS) is 10.1. The van der Waals surface area contributed by atoms with E-state index in [0.29, 0.717) is 5.69 Å². The van der Waals surface area contributed by atoms with E-state index in [2.05, 4.69) is 5.10 Å². The van der Waals surface area contributed by atoms with E-state index in [-0.39, 0.29) is 12.5 Å². The molecule has 0 aliphatic carbocycles. The molecule has 0 fully saturated rings. The number of nitrogens with two attached hydrogens (primary N) is 1. The monoisotopic (exact) mass is 182 g/mol. The number of aromatic nitrogens is 2. The predicted molar refractivity (Wildman–Crippen MR) is 50.1 cm³/mol. The minimum absolute atomic E-state index is 0.00574. The highest BCUT2D eigenvalue weighted by Gasteiger charge is 2.08. The van der Waals surface area contributed by atoms with Crippen LogP contribution in [-0.4, -0.2) is 34.7 Å². The lowest BCUT2D eigenvalue weighted by molar-refractivity contribution is -0.129. The summed E-state index contributed by atoms with van der Waals surface area (Å²) in [4.78, 5) is 12.8. The minimum atomic E-state index is 0.00574. The zero-order valence-corrected chi connectivity index (χ0v) is 8.11. The molecule has 13 heavy (non-hydrogen) atoms. The van der Waals surface area contributed by atoms with Gasteiger partial charge in [-0.25, -0.2) is 0 Å². The van der Waals surface area contributed by atoms with Gasteiger partial charge in [0, 0.05) is 14.1 Å². The Kier molecular flexibility index (Phi) is 2.55. The molecule has 0 atom stereocenters. The molecule has 1 heterocycles. The molecule has 1 aromatic rings. The van der Waals surface area contributed by atoms with Gasteiger partial charge in [-0.15, -0.1) is 0 Å². The maximum atomic E-state index is 11.3. The molecule has 0 radical (unpaired) electrons. The average Bonchev–Trinajstić information content (AvgIpc) is 2.36. The molecule has 0 bridgehead atoms. The van der Waals surface area contributed by atoms with E-state index in [1.807, 2.05) is 6.92 Å². The van der Waals surface area contributed by atoms with Crippen molar-refractivity contribution in [1.82, 2.24) is 14.7 Å². The van der Waals surface area contributed by atoms with Crippen molar-refractivity contribution >= 4 is 11.6 Å². The first-order chi connectivity index (χ1) is 6.02. The fraction of sp³-hybridized carbons (Fsp3) is 0.500. The van der Waals surface area contributed by atoms with Crippen LogP contribution in [0.25, 0.3) is 0 Å². The highest BCUT2D eigenvalue weighted by Crippen LogP contribution is 2.07. The van der Waals surface area contributed by atoms with Crippen molar-refractivity contribution < 1.29 is 4.79 Å². The first kappa shape index (κ1) is 9.57. The van der Waals surface area contributed by atoms with Gasteiger partial charge in [-0.2, -0.15) is 5.10 Å². The van der Waals surface area contributed by atoms with Gasteiger partial charge >= 0.3 is 0 Å². The van der Waals surface area contributed by atoms with Crippen molar-refractivity contribution in [2.75, 3.05) is 19.8 Å². The second kappa shape index (κ2) is 3.47. The van der Waals surface area contributed by atoms with E-state index in [9.17, 15) is 4.79 Å². The van der Waals surface area contributed by atoms with E-state index < -0.39 is 0 Å². The Hall–Kier alpha value is -1.52. The molecule has 5 heteroatoms. The molecule has 5 nitrogen and oxygen atoms in total. The van der Waals surface area contributed by atoms with Crippen molar-refractivity contribution in [3.8, 4) is 0 Å². The van der Waals surface area contributed by atoms with Crippen molar-refractivity contribution in [3.05, 3.63) is 11.9 Å². The highest BCUT2D eigenvalue weighted by molar-refractivity contribution is 5.75. The Labute approximate surface area is 77.1 Å². The summed E-state index contributed by atoms with van der Waals surface area (Å²) in [6.07, 6.45) is 1.55. The lowest BCUT2D eigenvalue weighted by Crippen LogP contribution is -2.27. The fourth-order valence-electron chi connectivity index (χ4n) is 0.890. The number of anilines is 1. The number of carbonyl (C=O) groups is 1. The van der Waals surface area contributed by atoms with Crippen LogP contribution in [0.4, 0.5) is 5.69 Å². The third-order valence-corrected chi connectivity index (χ3v) is 1.92. The largest absolute Gasteiger partial charge is 0.396 e. The first-order valence-electron chi connectivity index (χ1n) is 4.00. The van der Waals surface area contributed by atoms with Gasteiger partial charge in [0.05, 0.1) is 17.6 Å². The Balaban J connectivity index is 2.75. The molecule has 2 N–H and O–H groups in total. The van der Waals surface area contributed by atoms with E-state index in [1.54, 1.807) is 25.0 Å². The van der Waals surface area contributed by atoms with Crippen LogP contribution in [0.1, 0.15) is 5.69 Å². The predicted octanol–water partition coefficient (Wildman–Crippen LogP) is -0.138. The second-order valence-electron chi connectivity index (χ2n) is 3.13. The minimum Gasteiger partial charge on any atom is -0.396 e. The summed E-state index contributed by atoms with van der Waals surface area (Å²) in [6, 6.07) is 0. The molecule has 0 saturated heterocycles. The molecule has 72 valence electrons. The molecule has 0 aliphatic rings. The smallest absolute Gasteiger partial charge is 0.243 e. The molecular formula is C8H14N4O. The average molecular weight is 182 g/mol. The number of hydrogen-bond donors (Lipinski definition) is 1. The van der Waals surface area contributed by atoms with Crippen LogP contribution in [0.15, 0.2) is 6.20 Å². The Morgan fingerprint density at radius 3 is 2.69 bits per heavy atom. The van der Waals surface area contributed by atoms with Crippen molar-refractivity contribution in [2.45, 2.75) is 13.5 Å². The van der Waals surface area contributed by atoms with Gasteiger partial charge in [0.2, 0.25) is 5.91 Å². The molecule has 0 spiro atoms. The van der Waals surface area contributed by atoms with Crippen molar-refractivity contribution in [1.29, 1.82) is 0 Å². The van der Waals surface area contributed by atoms with Crippen LogP contribution in [0, 0.1) is 6.92 Å². The molecule has 1 amide bonds. The number of hydrogen-bond acceptors (Lipinski definition) is 3. The van der Waals surface area contributed by atoms with Gasteiger partial charge in [-0.3, -0.25) is 9.48 Å². The Bertz CT molecular complexity index is 316. The van der Waals surface area contributed by atoms with Crippen LogP contribution >= 0.6 is 0 Å². The number of rotatable bonds is 2. The van der Waals surface area contributed by atoms with Crippen LogP contribution in [0.3, 0.4) is 0 Å². The number of likely N-dealkylation sites (N-methyl/N-ethyl adjacent to an activating group) is 1. The number of nitrogens with zero attached hydrogens (tertiary/aromatic N) is 3. The molecule has 1 rings (SSSR count). The summed E-state index contributed by atoms with van der Waals surface area (Å²) in [5.41, 5.74) is 7.03. The summed E-state index contributed by atoms with van der Waals surface area (Å²) < 4.78 is 1.59. The topological polar surface area (TPSA) is 64.1 Å². The van der Waals surface area contributed by atoms with Gasteiger partial charge in [0.25, 0.3) is 0 Å². The molecule has 0 unspecified atom stereocenters. The van der Waals surface area contributed by atoms with Gasteiger partial charge in [0.1, 0.15) is 6.54 Å². The summed E-state index contributed by atoms with van der Waals surface area (Å²) in [5.74, 6) is 0.00574. The quantitative estimate of drug-likeness (QED) is 0.692. The lowest BCUT2D eigenvalue weighted by Gasteiger charge is -2.10. The molecule has 0 aromatic carbocycles. The SMILES string of the molecule is Cc1c(N)cnn1CC(=O)N(C)C. The van der Waals surface area contributed by atoms with E-state index in [1.165, 1.54) is 4.90 Å². The summed E-state index contributed by atoms with van der Waals surface area (Å²) in [7, 11) is 3.43. The molecule has 1 aromatic heterocycles. The first-order valence-corrected chi connectivity index (χ1v) is 4.00. The maximum Gasteiger partial charge on any atom is 0.243 e. The van der Waals surface area contributed by atoms with E-state index in [0.717, 1.165) is 5.69 Å². The van der Waals surface area contributed by atoms with Crippen LogP contribution < -0.4 is 5.73 Å². The second-order valence-corrected chi connectivity index (χ2v) is 3.13. The third kappa shape index (κ3) is 1.99. The summed E-state index contributed by atoms with van der Waals surface area (Å²) in [5, 5.41) is 3.98. The standard InChI is InChI=1S/C8H14N4O/c1-6-7(9)4-10-12(6)5-8(13)11(2)3/h4H,5,9H2,1-3H3. The van der Waals surface area contributed by atoms with Crippen LogP contribution in [0.2, 0.25) is 0 Å². The third-order valence-electron chi connectivity index (χ3n) is 1.92. The van der Waals surface area contributed by atoms with Gasteiger partial charge in [0.15, 0.2) is 0 Å². The summed E-state index contributed by atoms with van der Waals surface area (Å²) >= 11 is 0. The van der Waals surface area contributed by atoms with Gasteiger partial charge in [-0.05, 0) is 6.92 Å². The zero-order valence-electron chi connectivity index (χ0n) is 8.11. The van der Waals surface area contributed by atoms with Gasteiger partial charge < -0.3 is 10.6 Å². The van der Waals surface area contributed by atoms with Crippen molar-refractivity contribution in [3.63, 3.8) is 0 Å². The molecule has 0 saturated carbocycles. The van der Waals surface area contributed by atoms with E-state index >= 15 is 0 Å². The Morgan fingerprint density at radius 1 is 1.69 bits per heavy atom. The highest BCUT2D eigenvalue weighted by atomic mass is 16.2. The fourth-order valence-corrected chi connectivity index (χ4v) is 0.890. The zero-order chi connectivity index (χ0) is 10.0. The van der Waals surface area contributed by atoms with Crippen molar-refractivity contribution in [2.24, 2.45) is 0 Å². The summed E-state index contributed by atoms with van der Waals surface area (Å²) in [6.45, 7) is 2.08. The van der Waals surface area contributed by atoms with Gasteiger partial charge in [-0.1, -0.05) is 0 Å². The maximum absolute atomic E-state index is 11.3. The number of amides is 1. The molecular weight excluding hydrogens is 168 g/mol. The van der Waals surface area contributed by atoms with Crippen LogP contribution in [0.5, 0.6) is 0 Å². The number of carbonyl (C=O) groups excluding carboxylic acids is 1.